The Kier molecular flexibility index (Phi) is 10.1. The van der Waals surface area contributed by atoms with Crippen LogP contribution in [0.4, 0.5) is 0 Å². The number of carbonyl (C=O) groups excluding carboxylic acids is 1. The predicted octanol–water partition coefficient (Wildman–Crippen LogP) is 5.71. The third-order valence-corrected chi connectivity index (χ3v) is 8.26. The Balaban J connectivity index is 0.00000648. The van der Waals surface area contributed by atoms with Crippen LogP contribution >= 0.6 is 0 Å². The van der Waals surface area contributed by atoms with Crippen molar-refractivity contribution in [2.45, 2.75) is 85.8 Å². The standard InChI is InChI=1S/C29H45NO4S.H2/c1-9-29(10-2,24-12-11-23(21(3)17-24)19-30-15-16-35(8,32)33)25-13-14-26(22(4)18-25)34-20-27(31)28(5,6)7;/h11-13,17-18,26,30H,9-10,14-16,19-20H2,1-8H3;1H. The molecule has 1 N–H and O–H groups in total. The van der Waals surface area contributed by atoms with Gasteiger partial charge >= 0.3 is 0 Å². The number of rotatable bonds is 12. The van der Waals surface area contributed by atoms with Gasteiger partial charge in [-0.1, -0.05) is 65.0 Å². The number of benzene rings is 1. The molecular formula is C29H47NO4S. The molecule has 0 saturated carbocycles. The molecular weight excluding hydrogens is 458 g/mol. The van der Waals surface area contributed by atoms with E-state index in [1.54, 1.807) is 0 Å². The number of allylic oxidation sites excluding steroid dienone is 2. The Morgan fingerprint density at radius 2 is 1.83 bits per heavy atom. The van der Waals surface area contributed by atoms with Crippen molar-refractivity contribution in [2.24, 2.45) is 5.41 Å². The summed E-state index contributed by atoms with van der Waals surface area (Å²) in [6.45, 7) is 15.8. The largest absolute Gasteiger partial charge is 0.366 e. The molecule has 0 radical (unpaired) electrons. The molecule has 0 aliphatic heterocycles. The Hall–Kier alpha value is -1.76. The molecule has 1 aliphatic carbocycles. The van der Waals surface area contributed by atoms with Gasteiger partial charge in [-0.25, -0.2) is 8.42 Å². The fourth-order valence-corrected chi connectivity index (χ4v) is 5.16. The number of carbonyl (C=O) groups is 1. The van der Waals surface area contributed by atoms with Crippen LogP contribution in [0.3, 0.4) is 0 Å². The minimum Gasteiger partial charge on any atom is -0.366 e. The Labute approximate surface area is 214 Å². The van der Waals surface area contributed by atoms with E-state index < -0.39 is 9.84 Å². The quantitative estimate of drug-likeness (QED) is 0.368. The molecule has 6 heteroatoms. The first-order chi connectivity index (χ1) is 16.2. The summed E-state index contributed by atoms with van der Waals surface area (Å²) in [6, 6.07) is 6.68. The summed E-state index contributed by atoms with van der Waals surface area (Å²) in [5.74, 6) is 0.270. The molecule has 1 atom stereocenters. The third-order valence-electron chi connectivity index (χ3n) is 7.31. The Bertz CT molecular complexity index is 1060. The van der Waals surface area contributed by atoms with Gasteiger partial charge in [0.15, 0.2) is 5.78 Å². The van der Waals surface area contributed by atoms with Crippen LogP contribution < -0.4 is 5.32 Å². The van der Waals surface area contributed by atoms with Crippen molar-refractivity contribution in [1.29, 1.82) is 0 Å². The molecule has 0 fully saturated rings. The van der Waals surface area contributed by atoms with E-state index in [9.17, 15) is 13.2 Å². The molecule has 0 aromatic heterocycles. The van der Waals surface area contributed by atoms with Gasteiger partial charge < -0.3 is 10.1 Å². The Morgan fingerprint density at radius 3 is 2.34 bits per heavy atom. The highest BCUT2D eigenvalue weighted by atomic mass is 32.2. The molecule has 0 heterocycles. The summed E-state index contributed by atoms with van der Waals surface area (Å²) >= 11 is 0. The van der Waals surface area contributed by atoms with Crippen molar-refractivity contribution in [1.82, 2.24) is 5.32 Å². The number of hydrogen-bond donors (Lipinski definition) is 1. The monoisotopic (exact) mass is 505 g/mol. The highest BCUT2D eigenvalue weighted by molar-refractivity contribution is 7.90. The van der Waals surface area contributed by atoms with Gasteiger partial charge in [0.25, 0.3) is 0 Å². The van der Waals surface area contributed by atoms with E-state index in [-0.39, 0.29) is 36.5 Å². The van der Waals surface area contributed by atoms with Crippen LogP contribution in [0.2, 0.25) is 0 Å². The van der Waals surface area contributed by atoms with Crippen molar-refractivity contribution in [3.63, 3.8) is 0 Å². The highest BCUT2D eigenvalue weighted by Crippen LogP contribution is 2.43. The fourth-order valence-electron chi connectivity index (χ4n) is 4.65. The van der Waals surface area contributed by atoms with E-state index in [2.05, 4.69) is 63.4 Å². The van der Waals surface area contributed by atoms with Crippen LogP contribution in [0.5, 0.6) is 0 Å². The predicted molar refractivity (Wildman–Crippen MR) is 148 cm³/mol. The van der Waals surface area contributed by atoms with Gasteiger partial charge in [0.1, 0.15) is 16.4 Å². The van der Waals surface area contributed by atoms with Gasteiger partial charge in [-0.05, 0) is 60.9 Å². The van der Waals surface area contributed by atoms with Crippen LogP contribution in [-0.4, -0.2) is 45.5 Å². The van der Waals surface area contributed by atoms with Gasteiger partial charge in [0.2, 0.25) is 0 Å². The van der Waals surface area contributed by atoms with Crippen LogP contribution in [0.15, 0.2) is 41.5 Å². The lowest BCUT2D eigenvalue weighted by atomic mass is 9.67. The second kappa shape index (κ2) is 12.0. The molecule has 1 aromatic rings. The van der Waals surface area contributed by atoms with Crippen molar-refractivity contribution in [3.8, 4) is 0 Å². The maximum atomic E-state index is 12.3. The van der Waals surface area contributed by atoms with Gasteiger partial charge in [-0.15, -0.1) is 0 Å². The second-order valence-corrected chi connectivity index (χ2v) is 13.3. The summed E-state index contributed by atoms with van der Waals surface area (Å²) in [6.07, 6.45) is 8.51. The molecule has 0 saturated heterocycles. The summed E-state index contributed by atoms with van der Waals surface area (Å²) < 4.78 is 28.7. The zero-order chi connectivity index (χ0) is 26.4. The minimum atomic E-state index is -2.96. The lowest BCUT2D eigenvalue weighted by Crippen LogP contribution is -2.31. The summed E-state index contributed by atoms with van der Waals surface area (Å²) in [5.41, 5.74) is 5.71. The molecule has 1 aromatic carbocycles. The minimum absolute atomic E-state index is 0. The van der Waals surface area contributed by atoms with Gasteiger partial charge in [-0.3, -0.25) is 4.79 Å². The molecule has 2 rings (SSSR count). The summed E-state index contributed by atoms with van der Waals surface area (Å²) in [4.78, 5) is 12.3. The molecule has 198 valence electrons. The maximum Gasteiger partial charge on any atom is 0.163 e. The number of Topliss-reactive ketones (excluding diaryl/α,β-unsaturated/α-hetero) is 1. The molecule has 0 spiro atoms. The zero-order valence-corrected chi connectivity index (χ0v) is 23.8. The van der Waals surface area contributed by atoms with E-state index in [4.69, 9.17) is 4.74 Å². The SMILES string of the molecule is CCC(CC)(C1=CCC(OCC(=O)C(C)(C)C)C(C)=C1)c1ccc(CNCCS(C)(=O)=O)c(C)c1.[HH]. The topological polar surface area (TPSA) is 72.5 Å². The zero-order valence-electron chi connectivity index (χ0n) is 23.0. The molecule has 0 amide bonds. The van der Waals surface area contributed by atoms with Gasteiger partial charge in [-0.2, -0.15) is 0 Å². The maximum absolute atomic E-state index is 12.3. The van der Waals surface area contributed by atoms with Crippen molar-refractivity contribution >= 4 is 15.6 Å². The van der Waals surface area contributed by atoms with Crippen molar-refractivity contribution in [3.05, 3.63) is 58.2 Å². The van der Waals surface area contributed by atoms with E-state index in [1.165, 1.54) is 34.1 Å². The number of ether oxygens (including phenoxy) is 1. The van der Waals surface area contributed by atoms with Gasteiger partial charge in [0.05, 0.1) is 11.9 Å². The average molecular weight is 506 g/mol. The normalized spacial score (nSPS) is 17.2. The van der Waals surface area contributed by atoms with Crippen LogP contribution in [0.1, 0.15) is 78.9 Å². The Morgan fingerprint density at radius 1 is 1.17 bits per heavy atom. The first kappa shape index (κ1) is 29.5. The van der Waals surface area contributed by atoms with Crippen molar-refractivity contribution in [2.75, 3.05) is 25.2 Å². The molecule has 1 unspecified atom stereocenters. The molecule has 35 heavy (non-hydrogen) atoms. The fraction of sp³-hybridized carbons (Fsp3) is 0.621. The lowest BCUT2D eigenvalue weighted by Gasteiger charge is -2.37. The van der Waals surface area contributed by atoms with Crippen LogP contribution in [0.25, 0.3) is 0 Å². The van der Waals surface area contributed by atoms with Gasteiger partial charge in [0, 0.05) is 31.6 Å². The average Bonchev–Trinajstić information content (AvgIpc) is 2.77. The van der Waals surface area contributed by atoms with Crippen LogP contribution in [-0.2, 0) is 31.3 Å². The number of ketones is 1. The number of hydrogen-bond acceptors (Lipinski definition) is 5. The van der Waals surface area contributed by atoms with Crippen LogP contribution in [0, 0.1) is 12.3 Å². The smallest absolute Gasteiger partial charge is 0.163 e. The molecule has 5 nitrogen and oxygen atoms in total. The van der Waals surface area contributed by atoms with E-state index in [0.717, 1.165) is 19.3 Å². The van der Waals surface area contributed by atoms with E-state index in [1.807, 2.05) is 20.8 Å². The third kappa shape index (κ3) is 7.86. The van der Waals surface area contributed by atoms with E-state index >= 15 is 0 Å². The first-order valence-corrected chi connectivity index (χ1v) is 14.8. The summed E-state index contributed by atoms with van der Waals surface area (Å²) in [5, 5.41) is 3.25. The van der Waals surface area contributed by atoms with E-state index in [0.29, 0.717) is 13.1 Å². The highest BCUT2D eigenvalue weighted by Gasteiger charge is 2.34. The lowest BCUT2D eigenvalue weighted by molar-refractivity contribution is -0.132. The summed E-state index contributed by atoms with van der Waals surface area (Å²) in [7, 11) is -2.96. The van der Waals surface area contributed by atoms with Crippen molar-refractivity contribution < 1.29 is 19.4 Å². The molecule has 0 bridgehead atoms. The molecule has 1 aliphatic rings. The second-order valence-electron chi connectivity index (χ2n) is 11.0. The first-order valence-electron chi connectivity index (χ1n) is 12.8. The number of aryl methyl sites for hydroxylation is 1. The number of sulfone groups is 1. The number of nitrogens with one attached hydrogen (secondary N) is 1.